The van der Waals surface area contributed by atoms with Crippen molar-refractivity contribution >= 4 is 21.4 Å². The van der Waals surface area contributed by atoms with Gasteiger partial charge in [0.15, 0.2) is 0 Å². The second kappa shape index (κ2) is 20.7. The van der Waals surface area contributed by atoms with Crippen molar-refractivity contribution in [2.24, 2.45) is 0 Å². The van der Waals surface area contributed by atoms with Gasteiger partial charge in [-0.05, 0) is 38.5 Å². The van der Waals surface area contributed by atoms with E-state index < -0.39 is 21.4 Å². The lowest BCUT2D eigenvalue weighted by molar-refractivity contribution is 0.368. The fourth-order valence-electron chi connectivity index (χ4n) is 4.06. The molecule has 0 aromatic rings. The largest absolute Gasteiger partial charge is 0.673 e. The molecule has 0 N–H and O–H groups in total. The molecular formula is C24H54BF4NP2. The van der Waals surface area contributed by atoms with Gasteiger partial charge in [0, 0.05) is 37.0 Å². The molecule has 0 aliphatic rings. The van der Waals surface area contributed by atoms with Gasteiger partial charge in [-0.15, -0.1) is 0 Å². The van der Waals surface area contributed by atoms with Gasteiger partial charge in [-0.2, -0.15) is 4.17 Å². The zero-order valence-electron chi connectivity index (χ0n) is 22.2. The van der Waals surface area contributed by atoms with Crippen LogP contribution in [0.4, 0.5) is 17.3 Å². The van der Waals surface area contributed by atoms with Crippen molar-refractivity contribution in [3.05, 3.63) is 0 Å². The third-order valence-electron chi connectivity index (χ3n) is 5.95. The summed E-state index contributed by atoms with van der Waals surface area (Å²) in [7, 11) is -8.23. The molecule has 0 spiro atoms. The molecule has 0 atom stereocenters. The Balaban J connectivity index is 0. The van der Waals surface area contributed by atoms with Crippen LogP contribution in [0, 0.1) is 0 Å². The Hall–Kier alpha value is 0.355. The van der Waals surface area contributed by atoms with Gasteiger partial charge in [-0.3, -0.25) is 0 Å². The van der Waals surface area contributed by atoms with Gasteiger partial charge in [0.05, 0.1) is 0 Å². The van der Waals surface area contributed by atoms with Crippen LogP contribution in [0.2, 0.25) is 0 Å². The highest BCUT2D eigenvalue weighted by Gasteiger charge is 2.34. The molecule has 32 heavy (non-hydrogen) atoms. The number of halogens is 4. The summed E-state index contributed by atoms with van der Waals surface area (Å²) in [6.07, 6.45) is 25.4. The maximum absolute atomic E-state index is 9.75. The van der Waals surface area contributed by atoms with Gasteiger partial charge in [-0.25, -0.2) is 0 Å². The van der Waals surface area contributed by atoms with Gasteiger partial charge in [-0.1, -0.05) is 80.1 Å². The SMILES string of the molecule is CCCCP(CCCC)(CCCC)=[N+]=P(CCCC)(CCCC)CCCC.F[B-](F)(F)F. The van der Waals surface area contributed by atoms with Crippen molar-refractivity contribution < 1.29 is 17.3 Å². The standard InChI is InChI=1S/C24H54NP2.BF4/c1-7-13-19-26(20-14-8-2,21-15-9-3)25-27(22-16-10-4,23-17-11-5)24-18-12-6;2-1(3,4)5/h7-24H2,1-6H3;/q+1;-1. The minimum Gasteiger partial charge on any atom is -0.418 e. The molecule has 0 heterocycles. The van der Waals surface area contributed by atoms with E-state index in [9.17, 15) is 17.3 Å². The first-order valence-corrected chi connectivity index (χ1v) is 18.0. The third kappa shape index (κ3) is 19.8. The second-order valence-electron chi connectivity index (χ2n) is 9.24. The van der Waals surface area contributed by atoms with Gasteiger partial charge >= 0.3 is 7.25 Å². The Morgan fingerprint density at radius 3 is 0.719 bits per heavy atom. The Labute approximate surface area is 198 Å². The molecule has 8 heteroatoms. The highest BCUT2D eigenvalue weighted by atomic mass is 31.2. The summed E-state index contributed by atoms with van der Waals surface area (Å²) >= 11 is 0. The van der Waals surface area contributed by atoms with Gasteiger partial charge in [0.25, 0.3) is 0 Å². The topological polar surface area (TPSA) is 14.1 Å². The van der Waals surface area contributed by atoms with Crippen LogP contribution in [0.1, 0.15) is 119 Å². The molecule has 0 unspecified atom stereocenters. The van der Waals surface area contributed by atoms with E-state index in [1.165, 1.54) is 114 Å². The Morgan fingerprint density at radius 2 is 0.594 bits per heavy atom. The monoisotopic (exact) mass is 505 g/mol. The number of hydrogen-bond acceptors (Lipinski definition) is 0. The number of unbranched alkanes of at least 4 members (excludes halogenated alkanes) is 6. The molecule has 0 aromatic heterocycles. The first-order chi connectivity index (χ1) is 15.1. The van der Waals surface area contributed by atoms with Crippen LogP contribution in [-0.4, -0.2) is 44.2 Å². The Morgan fingerprint density at radius 1 is 0.438 bits per heavy atom. The summed E-state index contributed by atoms with van der Waals surface area (Å²) in [5.74, 6) is 0. The van der Waals surface area contributed by atoms with Gasteiger partial charge in [0.1, 0.15) is 0 Å². The van der Waals surface area contributed by atoms with Crippen LogP contribution in [0.5, 0.6) is 0 Å². The zero-order chi connectivity index (χ0) is 24.9. The van der Waals surface area contributed by atoms with E-state index in [-0.39, 0.29) is 0 Å². The summed E-state index contributed by atoms with van der Waals surface area (Å²) in [5, 5.41) is 0. The average molecular weight is 505 g/mol. The summed E-state index contributed by atoms with van der Waals surface area (Å²) in [4.78, 5) is 0. The van der Waals surface area contributed by atoms with E-state index in [4.69, 9.17) is 4.17 Å². The van der Waals surface area contributed by atoms with E-state index >= 15 is 0 Å². The lowest BCUT2D eigenvalue weighted by Crippen LogP contribution is -2.09. The molecule has 0 radical (unpaired) electrons. The average Bonchev–Trinajstić information content (AvgIpc) is 2.74. The summed E-state index contributed by atoms with van der Waals surface area (Å²) in [5.41, 5.74) is 0. The summed E-state index contributed by atoms with van der Waals surface area (Å²) in [6.45, 7) is 14.3. The maximum Gasteiger partial charge on any atom is 0.673 e. The van der Waals surface area contributed by atoms with Crippen LogP contribution < -0.4 is 4.17 Å². The Kier molecular flexibility index (Phi) is 22.3. The fourth-order valence-corrected chi connectivity index (χ4v) is 16.2. The van der Waals surface area contributed by atoms with Crippen molar-refractivity contribution in [1.82, 2.24) is 4.17 Å². The predicted octanol–water partition coefficient (Wildman–Crippen LogP) is 10.6. The van der Waals surface area contributed by atoms with Crippen molar-refractivity contribution in [1.29, 1.82) is 0 Å². The number of nitrogens with zero attached hydrogens (tertiary/aromatic N) is 1. The second-order valence-corrected chi connectivity index (χ2v) is 17.0. The molecule has 0 saturated carbocycles. The Bertz CT molecular complexity index is 446. The molecule has 196 valence electrons. The molecule has 0 aliphatic heterocycles. The van der Waals surface area contributed by atoms with Crippen LogP contribution in [0.3, 0.4) is 0 Å². The number of hydrogen-bond donors (Lipinski definition) is 0. The minimum atomic E-state index is -6.00. The lowest BCUT2D eigenvalue weighted by atomic mass is 10.3. The predicted molar refractivity (Wildman–Crippen MR) is 145 cm³/mol. The molecular weight excluding hydrogens is 451 g/mol. The molecule has 0 bridgehead atoms. The summed E-state index contributed by atoms with van der Waals surface area (Å²) < 4.78 is 45.2. The normalized spacial score (nSPS) is 12.3. The van der Waals surface area contributed by atoms with Crippen LogP contribution in [0.25, 0.3) is 0 Å². The van der Waals surface area contributed by atoms with E-state index in [1.54, 1.807) is 0 Å². The van der Waals surface area contributed by atoms with Crippen molar-refractivity contribution in [2.45, 2.75) is 119 Å². The smallest absolute Gasteiger partial charge is 0.418 e. The van der Waals surface area contributed by atoms with E-state index in [2.05, 4.69) is 41.5 Å². The third-order valence-corrected chi connectivity index (χ3v) is 15.9. The molecule has 0 rings (SSSR count). The highest BCUT2D eigenvalue weighted by Crippen LogP contribution is 2.56. The quantitative estimate of drug-likeness (QED) is 0.0761. The van der Waals surface area contributed by atoms with Crippen LogP contribution in [-0.2, 0) is 0 Å². The van der Waals surface area contributed by atoms with Crippen molar-refractivity contribution in [3.8, 4) is 0 Å². The fraction of sp³-hybridized carbons (Fsp3) is 1.00. The molecule has 0 aliphatic carbocycles. The number of rotatable bonds is 18. The maximum atomic E-state index is 9.75. The molecule has 0 saturated heterocycles. The highest BCUT2D eigenvalue weighted by molar-refractivity contribution is 7.73. The van der Waals surface area contributed by atoms with Gasteiger partial charge in [0.2, 0.25) is 14.1 Å². The van der Waals surface area contributed by atoms with Crippen LogP contribution in [0.15, 0.2) is 0 Å². The van der Waals surface area contributed by atoms with Crippen LogP contribution >= 0.6 is 14.1 Å². The zero-order valence-corrected chi connectivity index (χ0v) is 23.9. The lowest BCUT2D eigenvalue weighted by Gasteiger charge is -2.19. The van der Waals surface area contributed by atoms with Crippen molar-refractivity contribution in [3.63, 3.8) is 0 Å². The first kappa shape index (κ1) is 34.5. The van der Waals surface area contributed by atoms with E-state index in [0.717, 1.165) is 0 Å². The minimum absolute atomic E-state index is 1.11. The molecule has 0 aromatic carbocycles. The first-order valence-electron chi connectivity index (χ1n) is 13.4. The van der Waals surface area contributed by atoms with Gasteiger partial charge < -0.3 is 17.3 Å². The van der Waals surface area contributed by atoms with Crippen molar-refractivity contribution in [2.75, 3.05) is 37.0 Å². The molecule has 1 nitrogen and oxygen atoms in total. The van der Waals surface area contributed by atoms with E-state index in [1.807, 2.05) is 0 Å². The summed E-state index contributed by atoms with van der Waals surface area (Å²) in [6, 6.07) is 0. The van der Waals surface area contributed by atoms with E-state index in [0.29, 0.717) is 0 Å². The molecule has 0 amide bonds. The molecule has 0 fully saturated rings.